The zero-order chi connectivity index (χ0) is 19.6. The molecule has 8 nitrogen and oxygen atoms in total. The van der Waals surface area contributed by atoms with Gasteiger partial charge in [0.25, 0.3) is 0 Å². The molecule has 2 aromatic heterocycles. The number of anilines is 2. The Morgan fingerprint density at radius 1 is 1.37 bits per heavy atom. The fraction of sp³-hybridized carbons (Fsp3) is 0.471. The Balaban J connectivity index is 1.98. The smallest absolute Gasteiger partial charge is 0.222 e. The molecule has 1 aliphatic heterocycles. The molecule has 0 aromatic carbocycles. The molecule has 0 amide bonds. The van der Waals surface area contributed by atoms with Crippen LogP contribution in [-0.2, 0) is 20.3 Å². The maximum Gasteiger partial charge on any atom is 0.222 e. The quantitative estimate of drug-likeness (QED) is 0.812. The van der Waals surface area contributed by atoms with E-state index >= 15 is 0 Å². The molecule has 1 fully saturated rings. The number of aryl methyl sites for hydroxylation is 1. The molecule has 146 valence electrons. The van der Waals surface area contributed by atoms with Gasteiger partial charge < -0.3 is 15.4 Å². The summed E-state index contributed by atoms with van der Waals surface area (Å²) in [6.45, 7) is 3.61. The molecule has 2 aromatic rings. The number of pyridine rings is 1. The topological polar surface area (TPSA) is 111 Å². The average Bonchev–Trinajstić information content (AvgIpc) is 2.78. The van der Waals surface area contributed by atoms with Crippen molar-refractivity contribution in [3.63, 3.8) is 0 Å². The molecule has 2 N–H and O–H groups in total. The van der Waals surface area contributed by atoms with E-state index in [4.69, 9.17) is 22.1 Å². The molecule has 1 atom stereocenters. The molecule has 3 heterocycles. The van der Waals surface area contributed by atoms with Crippen LogP contribution in [0.2, 0.25) is 5.02 Å². The summed E-state index contributed by atoms with van der Waals surface area (Å²) in [5, 5.41) is 0.447. The summed E-state index contributed by atoms with van der Waals surface area (Å²) in [4.78, 5) is 14.9. The Morgan fingerprint density at radius 2 is 2.15 bits per heavy atom. The van der Waals surface area contributed by atoms with Crippen molar-refractivity contribution in [2.45, 2.75) is 25.1 Å². The first-order valence-electron chi connectivity index (χ1n) is 8.50. The molecule has 0 aliphatic carbocycles. The fourth-order valence-electron chi connectivity index (χ4n) is 3.10. The average molecular weight is 412 g/mol. The summed E-state index contributed by atoms with van der Waals surface area (Å²) in [5.74, 6) is 0.757. The molecular weight excluding hydrogens is 390 g/mol. The van der Waals surface area contributed by atoms with Gasteiger partial charge in [-0.1, -0.05) is 11.6 Å². The Bertz CT molecular complexity index is 918. The molecule has 0 saturated carbocycles. The number of hydrogen-bond acceptors (Lipinski definition) is 8. The molecular formula is C17H22ClN5O3S. The third-order valence-corrected chi connectivity index (χ3v) is 5.35. The number of nitrogens with two attached hydrogens (primary N) is 1. The minimum Gasteiger partial charge on any atom is -0.379 e. The van der Waals surface area contributed by atoms with Crippen LogP contribution in [0.15, 0.2) is 18.3 Å². The normalized spacial score (nSPS) is 18.3. The van der Waals surface area contributed by atoms with Gasteiger partial charge in [0.1, 0.15) is 5.82 Å². The van der Waals surface area contributed by atoms with Crippen LogP contribution < -0.4 is 10.6 Å². The van der Waals surface area contributed by atoms with Gasteiger partial charge in [-0.25, -0.2) is 13.4 Å². The molecule has 0 unspecified atom stereocenters. The molecule has 3 rings (SSSR count). The monoisotopic (exact) mass is 411 g/mol. The van der Waals surface area contributed by atoms with Gasteiger partial charge in [0.05, 0.1) is 24.1 Å². The maximum absolute atomic E-state index is 11.5. The van der Waals surface area contributed by atoms with Crippen LogP contribution in [0.25, 0.3) is 0 Å². The maximum atomic E-state index is 11.5. The first-order chi connectivity index (χ1) is 12.7. The van der Waals surface area contributed by atoms with E-state index in [0.29, 0.717) is 36.3 Å². The van der Waals surface area contributed by atoms with Gasteiger partial charge in [0.2, 0.25) is 5.95 Å². The lowest BCUT2D eigenvalue weighted by Crippen LogP contribution is -2.32. The van der Waals surface area contributed by atoms with Crippen molar-refractivity contribution in [2.24, 2.45) is 0 Å². The van der Waals surface area contributed by atoms with Gasteiger partial charge in [-0.15, -0.1) is 0 Å². The highest BCUT2D eigenvalue weighted by molar-refractivity contribution is 7.89. The lowest BCUT2D eigenvalue weighted by Gasteiger charge is -2.31. The highest BCUT2D eigenvalue weighted by atomic mass is 35.5. The number of ether oxygens (including phenoxy) is 1. The molecule has 27 heavy (non-hydrogen) atoms. The highest BCUT2D eigenvalue weighted by Crippen LogP contribution is 2.33. The molecule has 1 aliphatic rings. The van der Waals surface area contributed by atoms with Gasteiger partial charge >= 0.3 is 0 Å². The number of hydrogen-bond donors (Lipinski definition) is 1. The predicted octanol–water partition coefficient (Wildman–Crippen LogP) is 1.93. The van der Waals surface area contributed by atoms with Gasteiger partial charge in [-0.3, -0.25) is 4.98 Å². The van der Waals surface area contributed by atoms with Crippen LogP contribution in [0.5, 0.6) is 0 Å². The predicted molar refractivity (Wildman–Crippen MR) is 104 cm³/mol. The van der Waals surface area contributed by atoms with Crippen LogP contribution in [0.3, 0.4) is 0 Å². The minimum absolute atomic E-state index is 0.153. The highest BCUT2D eigenvalue weighted by Gasteiger charge is 2.27. The van der Waals surface area contributed by atoms with Crippen LogP contribution in [0.1, 0.15) is 29.4 Å². The largest absolute Gasteiger partial charge is 0.379 e. The zero-order valence-corrected chi connectivity index (χ0v) is 16.8. The molecule has 0 spiro atoms. The summed E-state index contributed by atoms with van der Waals surface area (Å²) in [7, 11) is -3.19. The third-order valence-electron chi connectivity index (χ3n) is 4.20. The lowest BCUT2D eigenvalue weighted by molar-refractivity contribution is 0.134. The van der Waals surface area contributed by atoms with Crippen molar-refractivity contribution in [3.05, 3.63) is 40.3 Å². The summed E-state index contributed by atoms with van der Waals surface area (Å²) in [6, 6.07) is 3.25. The van der Waals surface area contributed by atoms with E-state index in [1.165, 1.54) is 6.26 Å². The second-order valence-corrected chi connectivity index (χ2v) is 9.18. The van der Waals surface area contributed by atoms with Crippen molar-refractivity contribution in [2.75, 3.05) is 36.6 Å². The van der Waals surface area contributed by atoms with Crippen LogP contribution in [0, 0.1) is 6.92 Å². The van der Waals surface area contributed by atoms with Crippen molar-refractivity contribution < 1.29 is 13.2 Å². The lowest BCUT2D eigenvalue weighted by atomic mass is 10.1. The molecule has 0 bridgehead atoms. The number of halogens is 1. The van der Waals surface area contributed by atoms with Crippen LogP contribution >= 0.6 is 11.6 Å². The van der Waals surface area contributed by atoms with Gasteiger partial charge in [-0.05, 0) is 19.4 Å². The van der Waals surface area contributed by atoms with Gasteiger partial charge in [-0.2, -0.15) is 4.98 Å². The van der Waals surface area contributed by atoms with E-state index in [0.717, 1.165) is 17.7 Å². The number of nitrogens with zero attached hydrogens (tertiary/aromatic N) is 4. The van der Waals surface area contributed by atoms with E-state index in [1.807, 2.05) is 13.0 Å². The first kappa shape index (κ1) is 19.8. The third kappa shape index (κ3) is 5.06. The summed E-state index contributed by atoms with van der Waals surface area (Å²) < 4.78 is 28.8. The van der Waals surface area contributed by atoms with Crippen molar-refractivity contribution >= 4 is 33.2 Å². The van der Waals surface area contributed by atoms with E-state index in [1.54, 1.807) is 12.3 Å². The number of aromatic nitrogens is 3. The second kappa shape index (κ2) is 7.95. The standard InChI is InChI=1S/C17H22ClN5O3S/c1-11-6-16(22-17(19)21-11)23-4-3-5-26-9-15(23)13-8-20-12(7-14(13)18)10-27(2,24)25/h6-8,15H,3-5,9-10H2,1-2H3,(H2,19,21,22)/t15-/m0/s1. The van der Waals surface area contributed by atoms with Crippen molar-refractivity contribution in [1.82, 2.24) is 15.0 Å². The Labute approximate surface area is 163 Å². The van der Waals surface area contributed by atoms with Gasteiger partial charge in [0, 0.05) is 48.0 Å². The number of rotatable bonds is 4. The summed E-state index contributed by atoms with van der Waals surface area (Å²) >= 11 is 6.49. The molecule has 10 heteroatoms. The Kier molecular flexibility index (Phi) is 5.83. The second-order valence-electron chi connectivity index (χ2n) is 6.63. The minimum atomic E-state index is -3.19. The SMILES string of the molecule is Cc1cc(N2CCCOC[C@H]2c2cnc(CS(C)(=O)=O)cc2Cl)nc(N)n1. The van der Waals surface area contributed by atoms with E-state index < -0.39 is 9.84 Å². The fourth-order valence-corrected chi connectivity index (χ4v) is 4.10. The van der Waals surface area contributed by atoms with E-state index in [-0.39, 0.29) is 17.7 Å². The number of nitrogen functional groups attached to an aromatic ring is 1. The van der Waals surface area contributed by atoms with Crippen LogP contribution in [-0.4, -0.2) is 49.4 Å². The van der Waals surface area contributed by atoms with E-state index in [9.17, 15) is 8.42 Å². The summed E-state index contributed by atoms with van der Waals surface area (Å²) in [6.07, 6.45) is 3.61. The van der Waals surface area contributed by atoms with Crippen molar-refractivity contribution in [3.8, 4) is 0 Å². The van der Waals surface area contributed by atoms with Gasteiger partial charge in [0.15, 0.2) is 9.84 Å². The van der Waals surface area contributed by atoms with E-state index in [2.05, 4.69) is 19.9 Å². The Hall–Kier alpha value is -1.97. The van der Waals surface area contributed by atoms with Crippen molar-refractivity contribution in [1.29, 1.82) is 0 Å². The first-order valence-corrected chi connectivity index (χ1v) is 10.9. The van der Waals surface area contributed by atoms with Crippen LogP contribution in [0.4, 0.5) is 11.8 Å². The molecule has 0 radical (unpaired) electrons. The molecule has 1 saturated heterocycles. The summed E-state index contributed by atoms with van der Waals surface area (Å²) in [5.41, 5.74) is 7.76. The zero-order valence-electron chi connectivity index (χ0n) is 15.2. The Morgan fingerprint density at radius 3 is 2.81 bits per heavy atom. The number of sulfone groups is 1.